The zero-order valence-corrected chi connectivity index (χ0v) is 12.6. The van der Waals surface area contributed by atoms with Gasteiger partial charge in [-0.2, -0.15) is 0 Å². The van der Waals surface area contributed by atoms with Gasteiger partial charge in [0.25, 0.3) is 5.91 Å². The third-order valence-corrected chi connectivity index (χ3v) is 3.56. The highest BCUT2D eigenvalue weighted by Gasteiger charge is 2.11. The summed E-state index contributed by atoms with van der Waals surface area (Å²) in [6, 6.07) is 5.22. The Labute approximate surface area is 116 Å². The van der Waals surface area contributed by atoms with Crippen LogP contribution < -0.4 is 11.1 Å². The number of benzene rings is 1. The van der Waals surface area contributed by atoms with Gasteiger partial charge in [0.1, 0.15) is 0 Å². The highest BCUT2D eigenvalue weighted by Crippen LogP contribution is 2.21. The number of amides is 1. The van der Waals surface area contributed by atoms with E-state index in [4.69, 9.17) is 5.73 Å². The monoisotopic (exact) mass is 283 g/mol. The third-order valence-electron chi connectivity index (χ3n) is 2.59. The second kappa shape index (κ2) is 6.56. The molecule has 106 valence electrons. The molecule has 0 saturated heterocycles. The van der Waals surface area contributed by atoms with Gasteiger partial charge < -0.3 is 16.0 Å². The lowest BCUT2D eigenvalue weighted by molar-refractivity contribution is 0.0827. The van der Waals surface area contributed by atoms with Crippen molar-refractivity contribution in [1.82, 2.24) is 4.90 Å². The van der Waals surface area contributed by atoms with Crippen LogP contribution in [0.5, 0.6) is 0 Å². The minimum atomic E-state index is -0.858. The Morgan fingerprint density at radius 2 is 2.11 bits per heavy atom. The Morgan fingerprint density at radius 1 is 1.47 bits per heavy atom. The number of hydrogen-bond donors (Lipinski definition) is 2. The van der Waals surface area contributed by atoms with Gasteiger partial charge in [-0.25, -0.2) is 0 Å². The average Bonchev–Trinajstić information content (AvgIpc) is 2.29. The van der Waals surface area contributed by atoms with Crippen LogP contribution in [0.4, 0.5) is 11.4 Å². The Kier molecular flexibility index (Phi) is 5.35. The fourth-order valence-electron chi connectivity index (χ4n) is 1.74. The first kappa shape index (κ1) is 15.5. The van der Waals surface area contributed by atoms with E-state index in [1.165, 1.54) is 4.90 Å². The molecule has 0 aliphatic heterocycles. The molecule has 0 radical (unpaired) electrons. The smallest absolute Gasteiger partial charge is 0.253 e. The van der Waals surface area contributed by atoms with Crippen LogP contribution in [-0.4, -0.2) is 47.2 Å². The Hall–Kier alpha value is -1.56. The number of nitrogens with zero attached hydrogens (tertiary/aromatic N) is 1. The van der Waals surface area contributed by atoms with Crippen molar-refractivity contribution in [2.75, 3.05) is 37.2 Å². The molecule has 1 rings (SSSR count). The first-order chi connectivity index (χ1) is 8.81. The number of hydrogen-bond acceptors (Lipinski definition) is 4. The predicted octanol–water partition coefficient (Wildman–Crippen LogP) is 1.15. The van der Waals surface area contributed by atoms with Crippen LogP contribution in [0.3, 0.4) is 0 Å². The number of rotatable bonds is 5. The highest BCUT2D eigenvalue weighted by atomic mass is 32.2. The molecule has 0 bridgehead atoms. The summed E-state index contributed by atoms with van der Waals surface area (Å²) in [5.41, 5.74) is 7.76. The van der Waals surface area contributed by atoms with Crippen molar-refractivity contribution in [1.29, 1.82) is 0 Å². The molecular formula is C13H21N3O2S. The van der Waals surface area contributed by atoms with E-state index in [1.807, 2.05) is 6.92 Å². The summed E-state index contributed by atoms with van der Waals surface area (Å²) in [5, 5.41) is 3.19. The molecule has 0 saturated carbocycles. The van der Waals surface area contributed by atoms with Crippen LogP contribution in [0, 0.1) is 0 Å². The molecule has 1 aromatic rings. The van der Waals surface area contributed by atoms with E-state index in [1.54, 1.807) is 38.6 Å². The van der Waals surface area contributed by atoms with Gasteiger partial charge in [-0.05, 0) is 25.1 Å². The second-order valence-electron chi connectivity index (χ2n) is 4.79. The van der Waals surface area contributed by atoms with Gasteiger partial charge >= 0.3 is 0 Å². The molecule has 1 amide bonds. The van der Waals surface area contributed by atoms with Gasteiger partial charge in [0.2, 0.25) is 0 Å². The van der Waals surface area contributed by atoms with Crippen LogP contribution in [0.25, 0.3) is 0 Å². The molecule has 6 heteroatoms. The lowest BCUT2D eigenvalue weighted by Gasteiger charge is -2.17. The van der Waals surface area contributed by atoms with Gasteiger partial charge in [-0.1, -0.05) is 0 Å². The Bertz CT molecular complexity index is 489. The molecule has 0 spiro atoms. The first-order valence-electron chi connectivity index (χ1n) is 5.99. The van der Waals surface area contributed by atoms with Crippen LogP contribution in [0.2, 0.25) is 0 Å². The predicted molar refractivity (Wildman–Crippen MR) is 80.9 cm³/mol. The molecule has 2 unspecified atom stereocenters. The van der Waals surface area contributed by atoms with Crippen LogP contribution >= 0.6 is 0 Å². The summed E-state index contributed by atoms with van der Waals surface area (Å²) < 4.78 is 11.1. The topological polar surface area (TPSA) is 75.4 Å². The van der Waals surface area contributed by atoms with E-state index >= 15 is 0 Å². The fraction of sp³-hybridized carbons (Fsp3) is 0.462. The Morgan fingerprint density at radius 3 is 2.58 bits per heavy atom. The molecular weight excluding hydrogens is 262 g/mol. The normalized spacial score (nSPS) is 13.7. The maximum absolute atomic E-state index is 11.8. The van der Waals surface area contributed by atoms with E-state index in [2.05, 4.69) is 5.32 Å². The van der Waals surface area contributed by atoms with Crippen molar-refractivity contribution in [2.24, 2.45) is 0 Å². The van der Waals surface area contributed by atoms with Gasteiger partial charge in [-0.3, -0.25) is 9.00 Å². The van der Waals surface area contributed by atoms with Crippen molar-refractivity contribution >= 4 is 28.1 Å². The van der Waals surface area contributed by atoms with Crippen molar-refractivity contribution in [3.05, 3.63) is 23.8 Å². The van der Waals surface area contributed by atoms with Crippen LogP contribution in [-0.2, 0) is 10.8 Å². The molecule has 2 atom stereocenters. The quantitative estimate of drug-likeness (QED) is 0.795. The zero-order valence-electron chi connectivity index (χ0n) is 11.8. The summed E-state index contributed by atoms with van der Waals surface area (Å²) in [6.45, 7) is 1.94. The molecule has 5 nitrogen and oxygen atoms in total. The standard InChI is InChI=1S/C13H21N3O2S/c1-9(8-19(4)18)15-12-6-5-10(7-11(12)14)13(17)16(2)3/h5-7,9,15H,8,14H2,1-4H3. The number of carbonyl (C=O) groups is 1. The summed E-state index contributed by atoms with van der Waals surface area (Å²) in [7, 11) is 2.54. The summed E-state index contributed by atoms with van der Waals surface area (Å²) >= 11 is 0. The fourth-order valence-corrected chi connectivity index (χ4v) is 2.53. The number of nitrogens with one attached hydrogen (secondary N) is 1. The highest BCUT2D eigenvalue weighted by molar-refractivity contribution is 7.84. The number of carbonyl (C=O) groups excluding carboxylic acids is 1. The van der Waals surface area contributed by atoms with E-state index in [0.29, 0.717) is 17.0 Å². The lowest BCUT2D eigenvalue weighted by atomic mass is 10.1. The average molecular weight is 283 g/mol. The first-order valence-corrected chi connectivity index (χ1v) is 7.71. The minimum absolute atomic E-state index is 0.0588. The lowest BCUT2D eigenvalue weighted by Crippen LogP contribution is -2.24. The summed E-state index contributed by atoms with van der Waals surface area (Å²) in [6.07, 6.45) is 1.67. The molecule has 1 aromatic carbocycles. The maximum atomic E-state index is 11.8. The molecule has 0 aliphatic rings. The Balaban J connectivity index is 2.83. The van der Waals surface area contributed by atoms with E-state index in [-0.39, 0.29) is 11.9 Å². The SMILES string of the molecule is CC(CS(C)=O)Nc1ccc(C(=O)N(C)C)cc1N. The van der Waals surface area contributed by atoms with Crippen LogP contribution in [0.1, 0.15) is 17.3 Å². The molecule has 3 N–H and O–H groups in total. The van der Waals surface area contributed by atoms with Crippen molar-refractivity contribution in [3.8, 4) is 0 Å². The molecule has 0 aliphatic carbocycles. The molecule has 0 heterocycles. The molecule has 0 aromatic heterocycles. The zero-order chi connectivity index (χ0) is 14.6. The second-order valence-corrected chi connectivity index (χ2v) is 6.27. The van der Waals surface area contributed by atoms with Crippen molar-refractivity contribution in [3.63, 3.8) is 0 Å². The van der Waals surface area contributed by atoms with Crippen molar-refractivity contribution in [2.45, 2.75) is 13.0 Å². The number of anilines is 2. The maximum Gasteiger partial charge on any atom is 0.253 e. The van der Waals surface area contributed by atoms with Gasteiger partial charge in [-0.15, -0.1) is 0 Å². The van der Waals surface area contributed by atoms with Gasteiger partial charge in [0.05, 0.1) is 11.4 Å². The number of nitrogen functional groups attached to an aromatic ring is 1. The van der Waals surface area contributed by atoms with Gasteiger partial charge in [0.15, 0.2) is 0 Å². The third kappa shape index (κ3) is 4.55. The van der Waals surface area contributed by atoms with E-state index < -0.39 is 10.8 Å². The summed E-state index contributed by atoms with van der Waals surface area (Å²) in [4.78, 5) is 13.3. The van der Waals surface area contributed by atoms with Crippen LogP contribution in [0.15, 0.2) is 18.2 Å². The molecule has 0 fully saturated rings. The largest absolute Gasteiger partial charge is 0.397 e. The summed E-state index contributed by atoms with van der Waals surface area (Å²) in [5.74, 6) is 0.471. The van der Waals surface area contributed by atoms with E-state index in [9.17, 15) is 9.00 Å². The van der Waals surface area contributed by atoms with E-state index in [0.717, 1.165) is 5.69 Å². The molecule has 19 heavy (non-hydrogen) atoms. The minimum Gasteiger partial charge on any atom is -0.397 e. The number of nitrogens with two attached hydrogens (primary N) is 1. The van der Waals surface area contributed by atoms with Gasteiger partial charge in [0, 0.05) is 48.5 Å². The van der Waals surface area contributed by atoms with Crippen molar-refractivity contribution < 1.29 is 9.00 Å².